The third-order valence-electron chi connectivity index (χ3n) is 3.48. The lowest BCUT2D eigenvalue weighted by Gasteiger charge is -2.04. The van der Waals surface area contributed by atoms with Crippen LogP contribution < -0.4 is 5.32 Å². The number of alkyl halides is 3. The molecule has 1 fully saturated rings. The molecule has 0 bridgehead atoms. The van der Waals surface area contributed by atoms with Crippen LogP contribution in [0.2, 0.25) is 0 Å². The molecule has 0 aliphatic heterocycles. The van der Waals surface area contributed by atoms with Gasteiger partial charge in [0, 0.05) is 6.54 Å². The number of halogens is 3. The van der Waals surface area contributed by atoms with Crippen molar-refractivity contribution in [3.8, 4) is 0 Å². The van der Waals surface area contributed by atoms with Crippen LogP contribution in [0.4, 0.5) is 18.3 Å². The first-order valence-electron chi connectivity index (χ1n) is 6.74. The predicted octanol–water partition coefficient (Wildman–Crippen LogP) is 4.92. The zero-order valence-corrected chi connectivity index (χ0v) is 11.7. The Morgan fingerprint density at radius 1 is 1.30 bits per heavy atom. The standard InChI is InChI=1S/C14H15F3N2S/c15-14(16,17)10-5-6-12-11(8-10)19-13(20-12)18-7-1-2-9-3-4-9/h5-6,8-9H,1-4,7H2,(H,18,19). The molecule has 20 heavy (non-hydrogen) atoms. The molecule has 6 heteroatoms. The van der Waals surface area contributed by atoms with Crippen molar-refractivity contribution in [2.75, 3.05) is 11.9 Å². The SMILES string of the molecule is FC(F)(F)c1ccc2sc(NCCCC3CC3)nc2c1. The van der Waals surface area contributed by atoms with Gasteiger partial charge in [-0.3, -0.25) is 0 Å². The Morgan fingerprint density at radius 3 is 2.80 bits per heavy atom. The van der Waals surface area contributed by atoms with Crippen molar-refractivity contribution in [3.63, 3.8) is 0 Å². The smallest absolute Gasteiger partial charge is 0.361 e. The van der Waals surface area contributed by atoms with Crippen molar-refractivity contribution in [3.05, 3.63) is 23.8 Å². The predicted molar refractivity (Wildman–Crippen MR) is 75.1 cm³/mol. The molecule has 1 aliphatic carbocycles. The van der Waals surface area contributed by atoms with Gasteiger partial charge in [-0.25, -0.2) is 4.98 Å². The molecule has 1 aromatic carbocycles. The molecule has 3 rings (SSSR count). The minimum absolute atomic E-state index is 0.412. The summed E-state index contributed by atoms with van der Waals surface area (Å²) in [5.74, 6) is 0.904. The van der Waals surface area contributed by atoms with Gasteiger partial charge in [0.05, 0.1) is 15.8 Å². The van der Waals surface area contributed by atoms with Crippen molar-refractivity contribution >= 4 is 26.7 Å². The van der Waals surface area contributed by atoms with Gasteiger partial charge in [-0.1, -0.05) is 24.2 Å². The van der Waals surface area contributed by atoms with Gasteiger partial charge >= 0.3 is 6.18 Å². The number of fused-ring (bicyclic) bond motifs is 1. The second-order valence-corrected chi connectivity index (χ2v) is 6.24. The molecule has 0 amide bonds. The molecule has 108 valence electrons. The third-order valence-corrected chi connectivity index (χ3v) is 4.47. The Hall–Kier alpha value is -1.30. The highest BCUT2D eigenvalue weighted by Gasteiger charge is 2.30. The first-order valence-corrected chi connectivity index (χ1v) is 7.56. The van der Waals surface area contributed by atoms with Gasteiger partial charge in [0.2, 0.25) is 0 Å². The van der Waals surface area contributed by atoms with Crippen LogP contribution in [-0.2, 0) is 6.18 Å². The largest absolute Gasteiger partial charge is 0.416 e. The average molecular weight is 300 g/mol. The number of thiazole rings is 1. The molecular weight excluding hydrogens is 285 g/mol. The normalized spacial score (nSPS) is 15.8. The van der Waals surface area contributed by atoms with Crippen LogP contribution in [0.15, 0.2) is 18.2 Å². The van der Waals surface area contributed by atoms with Gasteiger partial charge in [-0.2, -0.15) is 13.2 Å². The number of benzene rings is 1. The Labute approximate surface area is 119 Å². The van der Waals surface area contributed by atoms with Crippen LogP contribution in [0.1, 0.15) is 31.2 Å². The van der Waals surface area contributed by atoms with Gasteiger partial charge in [-0.15, -0.1) is 0 Å². The second-order valence-electron chi connectivity index (χ2n) is 5.21. The first-order chi connectivity index (χ1) is 9.52. The molecule has 2 nitrogen and oxygen atoms in total. The van der Waals surface area contributed by atoms with Crippen LogP contribution in [0.5, 0.6) is 0 Å². The van der Waals surface area contributed by atoms with E-state index in [1.54, 1.807) is 0 Å². The summed E-state index contributed by atoms with van der Waals surface area (Å²) < 4.78 is 38.6. The van der Waals surface area contributed by atoms with Crippen LogP contribution in [0.3, 0.4) is 0 Å². The summed E-state index contributed by atoms with van der Waals surface area (Å²) in [6.07, 6.45) is 0.711. The monoisotopic (exact) mass is 300 g/mol. The Balaban J connectivity index is 1.66. The van der Waals surface area contributed by atoms with Crippen molar-refractivity contribution < 1.29 is 13.2 Å². The van der Waals surface area contributed by atoms with E-state index in [1.165, 1.54) is 36.7 Å². The van der Waals surface area contributed by atoms with E-state index in [1.807, 2.05) is 0 Å². The highest BCUT2D eigenvalue weighted by molar-refractivity contribution is 7.22. The van der Waals surface area contributed by atoms with E-state index in [-0.39, 0.29) is 0 Å². The molecule has 0 spiro atoms. The number of nitrogens with one attached hydrogen (secondary N) is 1. The molecule has 1 aliphatic rings. The maximum atomic E-state index is 12.6. The molecule has 1 aromatic heterocycles. The lowest BCUT2D eigenvalue weighted by molar-refractivity contribution is -0.137. The van der Waals surface area contributed by atoms with E-state index < -0.39 is 11.7 Å². The maximum Gasteiger partial charge on any atom is 0.416 e. The van der Waals surface area contributed by atoms with Crippen LogP contribution in [0.25, 0.3) is 10.2 Å². The Morgan fingerprint density at radius 2 is 2.10 bits per heavy atom. The molecule has 0 unspecified atom stereocenters. The zero-order valence-electron chi connectivity index (χ0n) is 10.8. The molecule has 1 heterocycles. The van der Waals surface area contributed by atoms with Gasteiger partial charge < -0.3 is 5.32 Å². The molecule has 1 N–H and O–H groups in total. The molecule has 0 radical (unpaired) electrons. The van der Waals surface area contributed by atoms with Crippen LogP contribution in [-0.4, -0.2) is 11.5 Å². The van der Waals surface area contributed by atoms with E-state index in [9.17, 15) is 13.2 Å². The first kappa shape index (κ1) is 13.7. The molecular formula is C14H15F3N2S. The van der Waals surface area contributed by atoms with Gasteiger partial charge in [-0.05, 0) is 37.0 Å². The quantitative estimate of drug-likeness (QED) is 0.793. The van der Waals surface area contributed by atoms with Crippen molar-refractivity contribution in [2.24, 2.45) is 5.92 Å². The fourth-order valence-corrected chi connectivity index (χ4v) is 3.04. The van der Waals surface area contributed by atoms with Gasteiger partial charge in [0.15, 0.2) is 5.13 Å². The van der Waals surface area contributed by atoms with Gasteiger partial charge in [0.25, 0.3) is 0 Å². The lowest BCUT2D eigenvalue weighted by atomic mass is 10.2. The van der Waals surface area contributed by atoms with E-state index in [2.05, 4.69) is 10.3 Å². The lowest BCUT2D eigenvalue weighted by Crippen LogP contribution is -2.04. The summed E-state index contributed by atoms with van der Waals surface area (Å²) in [7, 11) is 0. The van der Waals surface area contributed by atoms with E-state index in [0.717, 1.165) is 35.7 Å². The van der Waals surface area contributed by atoms with Crippen molar-refractivity contribution in [1.29, 1.82) is 0 Å². The highest BCUT2D eigenvalue weighted by atomic mass is 32.1. The summed E-state index contributed by atoms with van der Waals surface area (Å²) in [6, 6.07) is 3.71. The summed E-state index contributed by atoms with van der Waals surface area (Å²) in [4.78, 5) is 4.23. The molecule has 1 saturated carbocycles. The second kappa shape index (κ2) is 5.24. The number of aromatic nitrogens is 1. The van der Waals surface area contributed by atoms with E-state index in [0.29, 0.717) is 10.6 Å². The zero-order chi connectivity index (χ0) is 14.2. The van der Waals surface area contributed by atoms with Gasteiger partial charge in [0.1, 0.15) is 0 Å². The number of rotatable bonds is 5. The summed E-state index contributed by atoms with van der Waals surface area (Å²) in [5.41, 5.74) is -0.231. The third kappa shape index (κ3) is 3.23. The Bertz CT molecular complexity index is 602. The maximum absolute atomic E-state index is 12.6. The summed E-state index contributed by atoms with van der Waals surface area (Å²) in [5, 5.41) is 3.91. The number of nitrogens with zero attached hydrogens (tertiary/aromatic N) is 1. The Kier molecular flexibility index (Phi) is 3.58. The summed E-state index contributed by atoms with van der Waals surface area (Å²) in [6.45, 7) is 0.836. The minimum atomic E-state index is -4.31. The van der Waals surface area contributed by atoms with Crippen LogP contribution >= 0.6 is 11.3 Å². The average Bonchev–Trinajstić information content (AvgIpc) is 3.11. The fourth-order valence-electron chi connectivity index (χ4n) is 2.17. The van der Waals surface area contributed by atoms with Crippen molar-refractivity contribution in [1.82, 2.24) is 4.98 Å². The van der Waals surface area contributed by atoms with Crippen LogP contribution in [0, 0.1) is 5.92 Å². The molecule has 0 saturated heterocycles. The van der Waals surface area contributed by atoms with E-state index >= 15 is 0 Å². The fraction of sp³-hybridized carbons (Fsp3) is 0.500. The highest BCUT2D eigenvalue weighted by Crippen LogP contribution is 2.35. The number of hydrogen-bond acceptors (Lipinski definition) is 3. The number of hydrogen-bond donors (Lipinski definition) is 1. The topological polar surface area (TPSA) is 24.9 Å². The van der Waals surface area contributed by atoms with Crippen molar-refractivity contribution in [2.45, 2.75) is 31.9 Å². The summed E-state index contributed by atoms with van der Waals surface area (Å²) >= 11 is 1.40. The van der Waals surface area contributed by atoms with E-state index in [4.69, 9.17) is 0 Å². The molecule has 2 aromatic rings. The minimum Gasteiger partial charge on any atom is -0.361 e. The number of anilines is 1. The molecule has 0 atom stereocenters.